The summed E-state index contributed by atoms with van der Waals surface area (Å²) in [7, 11) is 1.46. The van der Waals surface area contributed by atoms with Gasteiger partial charge in [0.05, 0.1) is 17.7 Å². The average molecular weight is 405 g/mol. The van der Waals surface area contributed by atoms with Crippen molar-refractivity contribution < 1.29 is 14.6 Å². The quantitative estimate of drug-likeness (QED) is 0.750. The maximum Gasteiger partial charge on any atom is 0.271 e. The Labute approximate surface area is 151 Å². The first-order valence-electron chi connectivity index (χ1n) is 6.94. The summed E-state index contributed by atoms with van der Waals surface area (Å²) in [5.74, 6) is 0.119. The number of ether oxygens (including phenoxy) is 1. The molecule has 0 radical (unpaired) electrons. The summed E-state index contributed by atoms with van der Waals surface area (Å²) in [6.07, 6.45) is 1.68. The van der Waals surface area contributed by atoms with Crippen molar-refractivity contribution in [2.75, 3.05) is 12.0 Å². The number of nitrogens with zero attached hydrogens (tertiary/aromatic N) is 1. The van der Waals surface area contributed by atoms with Gasteiger partial charge in [0.2, 0.25) is 0 Å². The fourth-order valence-corrected chi connectivity index (χ4v) is 3.37. The van der Waals surface area contributed by atoms with E-state index in [1.807, 2.05) is 12.1 Å². The van der Waals surface area contributed by atoms with E-state index in [4.69, 9.17) is 10.1 Å². The Hall–Kier alpha value is -2.25. The second-order valence-electron chi connectivity index (χ2n) is 4.96. The van der Waals surface area contributed by atoms with Crippen molar-refractivity contribution in [3.63, 3.8) is 0 Å². The van der Waals surface area contributed by atoms with Crippen LogP contribution in [0.4, 0.5) is 5.69 Å². The highest BCUT2D eigenvalue weighted by Gasteiger charge is 2.33. The highest BCUT2D eigenvalue weighted by Crippen LogP contribution is 2.36. The first-order valence-corrected chi connectivity index (χ1v) is 8.55. The Balaban J connectivity index is 1.92. The number of amides is 1. The van der Waals surface area contributed by atoms with Crippen molar-refractivity contribution in [3.8, 4) is 11.5 Å². The van der Waals surface area contributed by atoms with Crippen molar-refractivity contribution in [2.45, 2.75) is 0 Å². The molecular formula is C17H13BrN2O3S. The summed E-state index contributed by atoms with van der Waals surface area (Å²) < 4.78 is 5.98. The highest BCUT2D eigenvalue weighted by molar-refractivity contribution is 9.10. The van der Waals surface area contributed by atoms with Gasteiger partial charge < -0.3 is 9.84 Å². The van der Waals surface area contributed by atoms with Crippen LogP contribution in [0.3, 0.4) is 0 Å². The molecule has 2 N–H and O–H groups in total. The van der Waals surface area contributed by atoms with Crippen LogP contribution in [0.2, 0.25) is 0 Å². The minimum atomic E-state index is -0.251. The monoisotopic (exact) mass is 404 g/mol. The predicted molar refractivity (Wildman–Crippen MR) is 99.6 cm³/mol. The molecule has 0 aliphatic carbocycles. The van der Waals surface area contributed by atoms with E-state index in [1.165, 1.54) is 18.1 Å². The molecule has 0 unspecified atom stereocenters. The van der Waals surface area contributed by atoms with Crippen molar-refractivity contribution in [3.05, 3.63) is 57.4 Å². The van der Waals surface area contributed by atoms with E-state index >= 15 is 0 Å². The maximum atomic E-state index is 12.6. The van der Waals surface area contributed by atoms with Crippen LogP contribution in [0.15, 0.2) is 51.8 Å². The zero-order valence-electron chi connectivity index (χ0n) is 12.6. The predicted octanol–water partition coefficient (Wildman–Crippen LogP) is 4.22. The first kappa shape index (κ1) is 16.6. The zero-order chi connectivity index (χ0) is 17.3. The summed E-state index contributed by atoms with van der Waals surface area (Å²) >= 11 is 4.45. The molecule has 1 saturated heterocycles. The Kier molecular flexibility index (Phi) is 4.64. The molecule has 1 aliphatic rings. The zero-order valence-corrected chi connectivity index (χ0v) is 15.0. The molecule has 24 heavy (non-hydrogen) atoms. The lowest BCUT2D eigenvalue weighted by Crippen LogP contribution is -2.27. The molecule has 3 rings (SSSR count). The van der Waals surface area contributed by atoms with Gasteiger partial charge >= 0.3 is 0 Å². The van der Waals surface area contributed by atoms with Gasteiger partial charge in [-0.25, -0.2) is 0 Å². The van der Waals surface area contributed by atoms with Gasteiger partial charge in [-0.15, -0.1) is 0 Å². The number of amidine groups is 1. The third-order valence-corrected chi connectivity index (χ3v) is 4.83. The summed E-state index contributed by atoms with van der Waals surface area (Å²) in [4.78, 5) is 14.4. The summed E-state index contributed by atoms with van der Waals surface area (Å²) in [6, 6.07) is 12.0. The number of rotatable bonds is 3. The van der Waals surface area contributed by atoms with Gasteiger partial charge in [-0.3, -0.25) is 15.1 Å². The molecule has 1 heterocycles. The topological polar surface area (TPSA) is 73.6 Å². The van der Waals surface area contributed by atoms with Crippen molar-refractivity contribution in [1.29, 1.82) is 5.41 Å². The van der Waals surface area contributed by atoms with Gasteiger partial charge in [-0.05, 0) is 59.8 Å². The number of nitrogens with one attached hydrogen (secondary N) is 1. The number of hydrogen-bond acceptors (Lipinski definition) is 5. The van der Waals surface area contributed by atoms with Crippen LogP contribution in [-0.4, -0.2) is 23.3 Å². The molecular weight excluding hydrogens is 392 g/mol. The average Bonchev–Trinajstić information content (AvgIpc) is 2.84. The number of phenols is 1. The van der Waals surface area contributed by atoms with Crippen LogP contribution in [0.25, 0.3) is 6.08 Å². The summed E-state index contributed by atoms with van der Waals surface area (Å²) in [5, 5.41) is 17.9. The molecule has 1 amide bonds. The lowest BCUT2D eigenvalue weighted by atomic mass is 10.2. The van der Waals surface area contributed by atoms with E-state index in [9.17, 15) is 9.90 Å². The number of thioether (sulfide) groups is 1. The number of carbonyl (C=O) groups excluding carboxylic acids is 1. The number of phenolic OH excluding ortho intramolecular Hbond substituents is 1. The van der Waals surface area contributed by atoms with Gasteiger partial charge in [0.15, 0.2) is 16.7 Å². The lowest BCUT2D eigenvalue weighted by Gasteiger charge is -2.14. The largest absolute Gasteiger partial charge is 0.504 e. The summed E-state index contributed by atoms with van der Waals surface area (Å²) in [5.41, 5.74) is 1.36. The van der Waals surface area contributed by atoms with Crippen molar-refractivity contribution >= 4 is 50.5 Å². The molecule has 0 spiro atoms. The minimum absolute atomic E-state index is 0.0364. The number of carbonyl (C=O) groups is 1. The Morgan fingerprint density at radius 2 is 1.96 bits per heavy atom. The number of halogens is 1. The second kappa shape index (κ2) is 6.70. The fraction of sp³-hybridized carbons (Fsp3) is 0.0588. The molecule has 122 valence electrons. The molecule has 2 aromatic carbocycles. The van der Waals surface area contributed by atoms with Gasteiger partial charge in [0.25, 0.3) is 5.91 Å². The molecule has 1 aliphatic heterocycles. The van der Waals surface area contributed by atoms with Crippen molar-refractivity contribution in [2.24, 2.45) is 0 Å². The third-order valence-electron chi connectivity index (χ3n) is 3.41. The van der Waals surface area contributed by atoms with Gasteiger partial charge in [0, 0.05) is 4.47 Å². The standard InChI is InChI=1S/C17H13BrN2O3S/c1-23-14-8-10(2-7-13(14)21)9-15-16(22)20(17(19)24-15)12-5-3-11(18)4-6-12/h2-9,19,21H,1H3/b15-9-,19-17?. The van der Waals surface area contributed by atoms with Gasteiger partial charge in [-0.1, -0.05) is 22.0 Å². The Morgan fingerprint density at radius 3 is 2.62 bits per heavy atom. The maximum absolute atomic E-state index is 12.6. The van der Waals surface area contributed by atoms with E-state index in [1.54, 1.807) is 30.3 Å². The number of aromatic hydroxyl groups is 1. The van der Waals surface area contributed by atoms with Crippen LogP contribution >= 0.6 is 27.7 Å². The Morgan fingerprint density at radius 1 is 1.25 bits per heavy atom. The smallest absolute Gasteiger partial charge is 0.271 e. The summed E-state index contributed by atoms with van der Waals surface area (Å²) in [6.45, 7) is 0. The molecule has 0 aromatic heterocycles. The van der Waals surface area contributed by atoms with Crippen LogP contribution in [0, 0.1) is 5.41 Å². The van der Waals surface area contributed by atoms with Gasteiger partial charge in [-0.2, -0.15) is 0 Å². The molecule has 7 heteroatoms. The molecule has 2 aromatic rings. The van der Waals surface area contributed by atoms with E-state index in [0.29, 0.717) is 21.9 Å². The van der Waals surface area contributed by atoms with E-state index in [-0.39, 0.29) is 16.8 Å². The van der Waals surface area contributed by atoms with Crippen LogP contribution in [0.1, 0.15) is 5.56 Å². The number of anilines is 1. The molecule has 0 bridgehead atoms. The van der Waals surface area contributed by atoms with Crippen LogP contribution in [0.5, 0.6) is 11.5 Å². The van der Waals surface area contributed by atoms with Crippen LogP contribution < -0.4 is 9.64 Å². The van der Waals surface area contributed by atoms with E-state index < -0.39 is 0 Å². The van der Waals surface area contributed by atoms with Crippen molar-refractivity contribution in [1.82, 2.24) is 0 Å². The SMILES string of the molecule is COc1cc(/C=C2\SC(=N)N(c3ccc(Br)cc3)C2=O)ccc1O. The number of benzene rings is 2. The van der Waals surface area contributed by atoms with E-state index in [0.717, 1.165) is 16.2 Å². The van der Waals surface area contributed by atoms with E-state index in [2.05, 4.69) is 15.9 Å². The van der Waals surface area contributed by atoms with Gasteiger partial charge in [0.1, 0.15) is 0 Å². The minimum Gasteiger partial charge on any atom is -0.504 e. The third kappa shape index (κ3) is 3.18. The second-order valence-corrected chi connectivity index (χ2v) is 6.91. The van der Waals surface area contributed by atoms with Crippen LogP contribution in [-0.2, 0) is 4.79 Å². The normalized spacial score (nSPS) is 16.1. The molecule has 1 fully saturated rings. The molecule has 0 saturated carbocycles. The Bertz CT molecular complexity index is 849. The first-order chi connectivity index (χ1) is 11.5. The lowest BCUT2D eigenvalue weighted by molar-refractivity contribution is -0.113. The number of methoxy groups -OCH3 is 1. The molecule has 5 nitrogen and oxygen atoms in total. The number of hydrogen-bond donors (Lipinski definition) is 2. The highest BCUT2D eigenvalue weighted by atomic mass is 79.9. The molecule has 0 atom stereocenters. The fourth-order valence-electron chi connectivity index (χ4n) is 2.25.